The molecule has 0 spiro atoms. The maximum absolute atomic E-state index is 9.88. The number of aromatic hydroxyl groups is 3. The molecule has 0 amide bonds. The molecule has 0 heterocycles. The summed E-state index contributed by atoms with van der Waals surface area (Å²) in [5.41, 5.74) is 0. The average molecular weight is 568 g/mol. The molecular formula is C21H15NbO13. The summed E-state index contributed by atoms with van der Waals surface area (Å²) < 4.78 is 20.6. The Kier molecular flexibility index (Phi) is 14.7. The van der Waals surface area contributed by atoms with E-state index < -0.39 is 18.5 Å². The summed E-state index contributed by atoms with van der Waals surface area (Å²) >= 11 is 0.500. The van der Waals surface area contributed by atoms with Crippen LogP contribution in [0.4, 0.5) is 14.4 Å². The van der Waals surface area contributed by atoms with E-state index in [1.165, 1.54) is 54.6 Å². The molecule has 0 aliphatic carbocycles. The van der Waals surface area contributed by atoms with Gasteiger partial charge in [-0.05, 0) is 36.4 Å². The van der Waals surface area contributed by atoms with Crippen molar-refractivity contribution >= 4 is 18.5 Å². The summed E-state index contributed by atoms with van der Waals surface area (Å²) in [4.78, 5) is 29.6. The SMILES string of the molecule is O=C([O-])Oc1ccccc1O.O=C([O-])Oc1ccccc1O.O=C([O-])Oc1ccccc1O.[O]=[Nb+3]. The van der Waals surface area contributed by atoms with E-state index in [1.54, 1.807) is 18.2 Å². The van der Waals surface area contributed by atoms with Gasteiger partial charge in [-0.2, -0.15) is 0 Å². The zero-order chi connectivity index (χ0) is 26.8. The number of phenols is 3. The number of hydrogen-bond donors (Lipinski definition) is 3. The fourth-order valence-electron chi connectivity index (χ4n) is 1.90. The molecule has 3 aromatic rings. The molecule has 0 radical (unpaired) electrons. The van der Waals surface area contributed by atoms with E-state index in [-0.39, 0.29) is 34.5 Å². The predicted molar refractivity (Wildman–Crippen MR) is 103 cm³/mol. The number of ether oxygens (including phenoxy) is 3. The van der Waals surface area contributed by atoms with Gasteiger partial charge in [0.05, 0.1) is 17.2 Å². The summed E-state index contributed by atoms with van der Waals surface area (Å²) in [6.45, 7) is 0. The molecule has 0 atom stereocenters. The number of rotatable bonds is 3. The first-order valence-electron chi connectivity index (χ1n) is 8.78. The molecule has 0 aliphatic rings. The molecule has 0 aliphatic heterocycles. The third-order valence-corrected chi connectivity index (χ3v) is 3.18. The van der Waals surface area contributed by atoms with Crippen LogP contribution in [0.25, 0.3) is 0 Å². The van der Waals surface area contributed by atoms with E-state index >= 15 is 0 Å². The van der Waals surface area contributed by atoms with Crippen molar-refractivity contribution < 1.29 is 83.5 Å². The molecule has 0 saturated heterocycles. The summed E-state index contributed by atoms with van der Waals surface area (Å²) in [6, 6.07) is 17.2. The van der Waals surface area contributed by atoms with Gasteiger partial charge in [0.2, 0.25) is 0 Å². The predicted octanol–water partition coefficient (Wildman–Crippen LogP) is 0.222. The van der Waals surface area contributed by atoms with E-state index in [9.17, 15) is 29.7 Å². The Morgan fingerprint density at radius 3 is 0.886 bits per heavy atom. The van der Waals surface area contributed by atoms with Crippen LogP contribution in [0.3, 0.4) is 0 Å². The molecule has 0 unspecified atom stereocenters. The number of para-hydroxylation sites is 6. The van der Waals surface area contributed by atoms with Crippen LogP contribution >= 0.6 is 0 Å². The molecule has 14 heteroatoms. The number of hydrogen-bond acceptors (Lipinski definition) is 13. The van der Waals surface area contributed by atoms with Crippen LogP contribution < -0.4 is 29.5 Å². The van der Waals surface area contributed by atoms with Crippen molar-refractivity contribution in [2.24, 2.45) is 0 Å². The molecule has 0 bridgehead atoms. The van der Waals surface area contributed by atoms with Crippen LogP contribution in [-0.2, 0) is 24.3 Å². The Labute approximate surface area is 209 Å². The zero-order valence-corrected chi connectivity index (χ0v) is 19.5. The quantitative estimate of drug-likeness (QED) is 0.219. The van der Waals surface area contributed by atoms with Crippen molar-refractivity contribution in [2.45, 2.75) is 0 Å². The van der Waals surface area contributed by atoms with Gasteiger partial charge in [0, 0.05) is 0 Å². The molecule has 3 aromatic carbocycles. The van der Waals surface area contributed by atoms with Gasteiger partial charge in [0.1, 0.15) is 17.2 Å². The molecule has 13 nitrogen and oxygen atoms in total. The molecule has 0 aromatic heterocycles. The van der Waals surface area contributed by atoms with Gasteiger partial charge in [-0.1, -0.05) is 36.4 Å². The van der Waals surface area contributed by atoms with E-state index in [1.807, 2.05) is 0 Å². The van der Waals surface area contributed by atoms with Gasteiger partial charge >= 0.3 is 24.3 Å². The topological polar surface area (TPSA) is 226 Å². The molecule has 0 saturated carbocycles. The molecule has 3 N–H and O–H groups in total. The van der Waals surface area contributed by atoms with Gasteiger partial charge in [-0.3, -0.25) is 0 Å². The van der Waals surface area contributed by atoms with E-state index in [4.69, 9.17) is 18.6 Å². The van der Waals surface area contributed by atoms with Gasteiger partial charge in [0.15, 0.2) is 0 Å². The first-order valence-corrected chi connectivity index (χ1v) is 9.68. The van der Waals surface area contributed by atoms with Crippen LogP contribution in [0.1, 0.15) is 0 Å². The minimum absolute atomic E-state index is 0.118. The second kappa shape index (κ2) is 17.0. The number of carboxylic acid groups (broad SMARTS) is 3. The van der Waals surface area contributed by atoms with Crippen molar-refractivity contribution in [3.8, 4) is 34.5 Å². The normalized spacial score (nSPS) is 8.74. The van der Waals surface area contributed by atoms with E-state index in [0.29, 0.717) is 21.0 Å². The van der Waals surface area contributed by atoms with E-state index in [2.05, 4.69) is 14.2 Å². The number of phenolic OH excluding ortho intramolecular Hbond substituents is 3. The third kappa shape index (κ3) is 13.5. The average Bonchev–Trinajstić information content (AvgIpc) is 2.80. The molecular weight excluding hydrogens is 553 g/mol. The maximum atomic E-state index is 9.88. The first-order chi connectivity index (χ1) is 16.6. The van der Waals surface area contributed by atoms with Gasteiger partial charge in [0.25, 0.3) is 18.5 Å². The Morgan fingerprint density at radius 1 is 0.514 bits per heavy atom. The van der Waals surface area contributed by atoms with Gasteiger partial charge in [-0.25, -0.2) is 0 Å². The fourth-order valence-corrected chi connectivity index (χ4v) is 1.90. The Balaban J connectivity index is 0.000000478. The minimum atomic E-state index is -1.69. The van der Waals surface area contributed by atoms with Gasteiger partial charge in [-0.15, -0.1) is 0 Å². The molecule has 182 valence electrons. The fraction of sp³-hybridized carbons (Fsp3) is 0. The molecule has 35 heavy (non-hydrogen) atoms. The van der Waals surface area contributed by atoms with Crippen molar-refractivity contribution in [1.82, 2.24) is 0 Å². The molecule has 3 rings (SSSR count). The number of carbonyl (C=O) groups excluding carboxylic acids is 3. The van der Waals surface area contributed by atoms with Crippen LogP contribution in [0.15, 0.2) is 72.8 Å². The third-order valence-electron chi connectivity index (χ3n) is 3.18. The monoisotopic (exact) mass is 568 g/mol. The van der Waals surface area contributed by atoms with Crippen molar-refractivity contribution in [3.63, 3.8) is 0 Å². The summed E-state index contributed by atoms with van der Waals surface area (Å²) in [5.74, 6) is -1.03. The second-order valence-electron chi connectivity index (χ2n) is 5.46. The van der Waals surface area contributed by atoms with Gasteiger partial charge < -0.3 is 59.2 Å². The first kappa shape index (κ1) is 30.4. The van der Waals surface area contributed by atoms with Crippen molar-refractivity contribution in [1.29, 1.82) is 0 Å². The van der Waals surface area contributed by atoms with E-state index in [0.717, 1.165) is 0 Å². The second-order valence-corrected chi connectivity index (χ2v) is 5.46. The number of benzene rings is 3. The van der Waals surface area contributed by atoms with Crippen LogP contribution in [0.5, 0.6) is 34.5 Å². The summed E-state index contributed by atoms with van der Waals surface area (Å²) in [5, 5.41) is 56.5. The van der Waals surface area contributed by atoms with Crippen LogP contribution in [0, 0.1) is 0 Å². The zero-order valence-electron chi connectivity index (χ0n) is 17.3. The van der Waals surface area contributed by atoms with Crippen LogP contribution in [-0.4, -0.2) is 33.8 Å². The Morgan fingerprint density at radius 2 is 0.714 bits per heavy atom. The van der Waals surface area contributed by atoms with Crippen molar-refractivity contribution in [3.05, 3.63) is 72.8 Å². The number of carbonyl (C=O) groups is 3. The Bertz CT molecular complexity index is 967. The molecule has 0 fully saturated rings. The van der Waals surface area contributed by atoms with Crippen molar-refractivity contribution in [2.75, 3.05) is 0 Å². The van der Waals surface area contributed by atoms with Crippen LogP contribution in [0.2, 0.25) is 0 Å². The standard InChI is InChI=1S/3C7H6O4.Nb.O/c3*8-5-3-1-2-4-6(5)11-7(9)10;;/h3*1-4,8H,(H,9,10);;/q;;;+3;/p-3. The summed E-state index contributed by atoms with van der Waals surface area (Å²) in [6.07, 6.45) is -5.07. The summed E-state index contributed by atoms with van der Waals surface area (Å²) in [7, 11) is 0. The Hall–Kier alpha value is -4.59.